The Labute approximate surface area is 145 Å². The summed E-state index contributed by atoms with van der Waals surface area (Å²) in [4.78, 5) is 4.27. The summed E-state index contributed by atoms with van der Waals surface area (Å²) in [5.74, 6) is 0.244. The molecule has 1 saturated carbocycles. The van der Waals surface area contributed by atoms with Crippen molar-refractivity contribution in [2.45, 2.75) is 25.3 Å². The highest BCUT2D eigenvalue weighted by Crippen LogP contribution is 2.42. The van der Waals surface area contributed by atoms with Crippen LogP contribution < -0.4 is 4.72 Å². The van der Waals surface area contributed by atoms with Gasteiger partial charge in [-0.15, -0.1) is 0 Å². The van der Waals surface area contributed by atoms with Gasteiger partial charge in [0.05, 0.1) is 15.8 Å². The van der Waals surface area contributed by atoms with Gasteiger partial charge in [-0.25, -0.2) is 13.1 Å². The zero-order chi connectivity index (χ0) is 16.6. The van der Waals surface area contributed by atoms with E-state index in [4.69, 9.17) is 23.2 Å². The lowest BCUT2D eigenvalue weighted by Crippen LogP contribution is -2.28. The fraction of sp³-hybridized carbons (Fsp3) is 0.312. The van der Waals surface area contributed by atoms with Crippen LogP contribution in [0.15, 0.2) is 36.7 Å². The Balaban J connectivity index is 1.84. The molecule has 1 aromatic heterocycles. The van der Waals surface area contributed by atoms with Crippen molar-refractivity contribution in [3.8, 4) is 11.1 Å². The number of sulfonamides is 1. The number of benzene rings is 1. The molecule has 122 valence electrons. The average molecular weight is 371 g/mol. The summed E-state index contributed by atoms with van der Waals surface area (Å²) in [6.45, 7) is 1.63. The van der Waals surface area contributed by atoms with Crippen LogP contribution in [-0.4, -0.2) is 25.2 Å². The van der Waals surface area contributed by atoms with Gasteiger partial charge in [0, 0.05) is 35.5 Å². The molecule has 1 unspecified atom stereocenters. The molecule has 23 heavy (non-hydrogen) atoms. The van der Waals surface area contributed by atoms with Gasteiger partial charge >= 0.3 is 0 Å². The smallest absolute Gasteiger partial charge is 0.211 e. The van der Waals surface area contributed by atoms with Crippen LogP contribution in [0.1, 0.15) is 24.8 Å². The zero-order valence-corrected chi connectivity index (χ0v) is 14.8. The SMILES string of the molecule is CCS(=O)(=O)N[C@@H]1CC1c1cncc(-c2cccc(Cl)c2Cl)c1. The topological polar surface area (TPSA) is 59.1 Å². The summed E-state index contributed by atoms with van der Waals surface area (Å²) in [5, 5.41) is 0.988. The van der Waals surface area contributed by atoms with Crippen molar-refractivity contribution in [3.63, 3.8) is 0 Å². The molecule has 3 rings (SSSR count). The summed E-state index contributed by atoms with van der Waals surface area (Å²) in [6.07, 6.45) is 4.29. The highest BCUT2D eigenvalue weighted by atomic mass is 35.5. The first-order valence-corrected chi connectivity index (χ1v) is 9.71. The number of pyridine rings is 1. The third-order valence-corrected chi connectivity index (χ3v) is 6.19. The number of nitrogens with zero attached hydrogens (tertiary/aromatic N) is 1. The zero-order valence-electron chi connectivity index (χ0n) is 12.5. The molecule has 2 atom stereocenters. The first kappa shape index (κ1) is 16.7. The Bertz CT molecular complexity index is 840. The van der Waals surface area contributed by atoms with E-state index in [1.807, 2.05) is 18.2 Å². The van der Waals surface area contributed by atoms with E-state index in [-0.39, 0.29) is 17.7 Å². The van der Waals surface area contributed by atoms with E-state index in [2.05, 4.69) is 9.71 Å². The van der Waals surface area contributed by atoms with Crippen LogP contribution in [0.4, 0.5) is 0 Å². The lowest BCUT2D eigenvalue weighted by molar-refractivity contribution is 0.581. The van der Waals surface area contributed by atoms with Gasteiger partial charge in [-0.3, -0.25) is 4.98 Å². The molecule has 1 heterocycles. The maximum atomic E-state index is 11.6. The predicted molar refractivity (Wildman–Crippen MR) is 93.4 cm³/mol. The minimum atomic E-state index is -3.18. The number of aromatic nitrogens is 1. The molecular formula is C16H16Cl2N2O2S. The minimum Gasteiger partial charge on any atom is -0.264 e. The molecule has 2 aromatic rings. The summed E-state index contributed by atoms with van der Waals surface area (Å²) in [7, 11) is -3.18. The molecule has 0 bridgehead atoms. The second-order valence-electron chi connectivity index (χ2n) is 5.58. The summed E-state index contributed by atoms with van der Waals surface area (Å²) in [5.41, 5.74) is 2.70. The van der Waals surface area contributed by atoms with Crippen LogP contribution in [0, 0.1) is 0 Å². The van der Waals surface area contributed by atoms with Gasteiger partial charge in [0.25, 0.3) is 0 Å². The van der Waals surface area contributed by atoms with E-state index in [1.165, 1.54) is 0 Å². The Hall–Kier alpha value is -1.14. The molecule has 0 saturated heterocycles. The van der Waals surface area contributed by atoms with E-state index in [0.29, 0.717) is 10.0 Å². The number of halogens is 2. The first-order chi connectivity index (χ1) is 10.9. The molecule has 1 aliphatic rings. The van der Waals surface area contributed by atoms with Gasteiger partial charge < -0.3 is 0 Å². The van der Waals surface area contributed by atoms with Crippen molar-refractivity contribution in [1.29, 1.82) is 0 Å². The van der Waals surface area contributed by atoms with Gasteiger partial charge in [-0.05, 0) is 31.0 Å². The monoisotopic (exact) mass is 370 g/mol. The Morgan fingerprint density at radius 2 is 2.09 bits per heavy atom. The van der Waals surface area contributed by atoms with E-state index in [0.717, 1.165) is 23.1 Å². The van der Waals surface area contributed by atoms with Crippen molar-refractivity contribution in [3.05, 3.63) is 52.3 Å². The average Bonchev–Trinajstić information content (AvgIpc) is 3.28. The molecule has 7 heteroatoms. The summed E-state index contributed by atoms with van der Waals surface area (Å²) < 4.78 is 26.0. The molecule has 0 aliphatic heterocycles. The fourth-order valence-corrected chi connectivity index (χ4v) is 3.84. The molecule has 1 fully saturated rings. The second-order valence-corrected chi connectivity index (χ2v) is 8.41. The predicted octanol–water partition coefficient (Wildman–Crippen LogP) is 3.85. The van der Waals surface area contributed by atoms with Gasteiger partial charge in [0.1, 0.15) is 0 Å². The standard InChI is InChI=1S/C16H16Cl2N2O2S/c1-2-23(21,22)20-15-7-13(15)11-6-10(8-19-9-11)12-4-3-5-14(17)16(12)18/h3-6,8-9,13,15,20H,2,7H2,1H3/t13?,15-/m1/s1. The second kappa shape index (κ2) is 6.40. The Morgan fingerprint density at radius 1 is 1.30 bits per heavy atom. The molecule has 4 nitrogen and oxygen atoms in total. The molecular weight excluding hydrogens is 355 g/mol. The Kier molecular flexibility index (Phi) is 4.65. The summed E-state index contributed by atoms with van der Waals surface area (Å²) >= 11 is 12.3. The van der Waals surface area contributed by atoms with Crippen molar-refractivity contribution in [1.82, 2.24) is 9.71 Å². The van der Waals surface area contributed by atoms with Crippen molar-refractivity contribution in [2.24, 2.45) is 0 Å². The first-order valence-electron chi connectivity index (χ1n) is 7.30. The normalized spacial score (nSPS) is 20.5. The van der Waals surface area contributed by atoms with Crippen LogP contribution in [0.5, 0.6) is 0 Å². The maximum absolute atomic E-state index is 11.6. The van der Waals surface area contributed by atoms with Crippen LogP contribution in [0.3, 0.4) is 0 Å². The van der Waals surface area contributed by atoms with Crippen LogP contribution in [-0.2, 0) is 10.0 Å². The number of hydrogen-bond acceptors (Lipinski definition) is 3. The molecule has 0 amide bonds. The highest BCUT2D eigenvalue weighted by molar-refractivity contribution is 7.89. The highest BCUT2D eigenvalue weighted by Gasteiger charge is 2.41. The van der Waals surface area contributed by atoms with Crippen LogP contribution in [0.2, 0.25) is 10.0 Å². The van der Waals surface area contributed by atoms with Crippen molar-refractivity contribution >= 4 is 33.2 Å². The van der Waals surface area contributed by atoms with E-state index in [9.17, 15) is 8.42 Å². The van der Waals surface area contributed by atoms with Crippen LogP contribution >= 0.6 is 23.2 Å². The van der Waals surface area contributed by atoms with Gasteiger partial charge in [-0.1, -0.05) is 35.3 Å². The lowest BCUT2D eigenvalue weighted by atomic mass is 10.0. The van der Waals surface area contributed by atoms with Crippen molar-refractivity contribution < 1.29 is 8.42 Å². The third kappa shape index (κ3) is 3.69. The number of nitrogens with one attached hydrogen (secondary N) is 1. The quantitative estimate of drug-likeness (QED) is 0.869. The molecule has 0 spiro atoms. The van der Waals surface area contributed by atoms with Crippen LogP contribution in [0.25, 0.3) is 11.1 Å². The van der Waals surface area contributed by atoms with E-state index >= 15 is 0 Å². The third-order valence-electron chi connectivity index (χ3n) is 3.95. The van der Waals surface area contributed by atoms with Crippen molar-refractivity contribution in [2.75, 3.05) is 5.75 Å². The fourth-order valence-electron chi connectivity index (χ4n) is 2.54. The number of hydrogen-bond donors (Lipinski definition) is 1. The molecule has 0 radical (unpaired) electrons. The van der Waals surface area contributed by atoms with Gasteiger partial charge in [-0.2, -0.15) is 0 Å². The number of rotatable bonds is 5. The minimum absolute atomic E-state index is 0.0492. The van der Waals surface area contributed by atoms with Gasteiger partial charge in [0.2, 0.25) is 10.0 Å². The molecule has 1 N–H and O–H groups in total. The van der Waals surface area contributed by atoms with E-state index < -0.39 is 10.0 Å². The van der Waals surface area contributed by atoms with Gasteiger partial charge in [0.15, 0.2) is 0 Å². The lowest BCUT2D eigenvalue weighted by Gasteiger charge is -2.08. The molecule has 1 aliphatic carbocycles. The largest absolute Gasteiger partial charge is 0.264 e. The Morgan fingerprint density at radius 3 is 2.83 bits per heavy atom. The van der Waals surface area contributed by atoms with E-state index in [1.54, 1.807) is 25.4 Å². The molecule has 1 aromatic carbocycles. The summed E-state index contributed by atoms with van der Waals surface area (Å²) in [6, 6.07) is 7.41. The maximum Gasteiger partial charge on any atom is 0.211 e.